The van der Waals surface area contributed by atoms with E-state index in [1.807, 2.05) is 0 Å². The van der Waals surface area contributed by atoms with Crippen LogP contribution in [-0.2, 0) is 24.8 Å². The predicted octanol–water partition coefficient (Wildman–Crippen LogP) is 2.90. The zero-order valence-corrected chi connectivity index (χ0v) is 20.2. The molecule has 1 aliphatic heterocycles. The molecule has 1 N–H and O–H groups in total. The van der Waals surface area contributed by atoms with Gasteiger partial charge in [0, 0.05) is 31.9 Å². The van der Waals surface area contributed by atoms with E-state index in [0.29, 0.717) is 31.6 Å². The van der Waals surface area contributed by atoms with Gasteiger partial charge in [-0.3, -0.25) is 4.79 Å². The maximum atomic E-state index is 13.2. The summed E-state index contributed by atoms with van der Waals surface area (Å²) in [7, 11) is -7.43. The molecule has 3 rings (SSSR count). The third-order valence-corrected chi connectivity index (χ3v) is 9.61. The molecule has 1 atom stereocenters. The lowest BCUT2D eigenvalue weighted by molar-refractivity contribution is -0.120. The number of hydrogen-bond donors (Lipinski definition) is 1. The third kappa shape index (κ3) is 5.60. The van der Waals surface area contributed by atoms with E-state index in [2.05, 4.69) is 5.32 Å². The van der Waals surface area contributed by atoms with Crippen molar-refractivity contribution in [3.8, 4) is 0 Å². The van der Waals surface area contributed by atoms with Crippen LogP contribution in [0.3, 0.4) is 0 Å². The number of hydrogen-bond acceptors (Lipinski definition) is 5. The molecule has 1 unspecified atom stereocenters. The van der Waals surface area contributed by atoms with Gasteiger partial charge >= 0.3 is 0 Å². The summed E-state index contributed by atoms with van der Waals surface area (Å²) in [6.07, 6.45) is 1.04. The molecule has 0 saturated carbocycles. The van der Waals surface area contributed by atoms with Crippen molar-refractivity contribution in [2.24, 2.45) is 5.92 Å². The van der Waals surface area contributed by atoms with Gasteiger partial charge in [0.1, 0.15) is 5.82 Å². The molecule has 2 aromatic carbocycles. The van der Waals surface area contributed by atoms with E-state index in [0.717, 1.165) is 12.1 Å². The smallest absolute Gasteiger partial charge is 0.243 e. The first-order chi connectivity index (χ1) is 15.6. The summed E-state index contributed by atoms with van der Waals surface area (Å²) in [6, 6.07) is 10.5. The number of piperidine rings is 1. The van der Waals surface area contributed by atoms with Crippen LogP contribution in [0.4, 0.5) is 10.1 Å². The number of rotatable bonds is 8. The fraction of sp³-hybridized carbons (Fsp3) is 0.409. The van der Waals surface area contributed by atoms with Crippen molar-refractivity contribution in [2.45, 2.75) is 36.5 Å². The van der Waals surface area contributed by atoms with Gasteiger partial charge in [-0.1, -0.05) is 13.8 Å². The van der Waals surface area contributed by atoms with Crippen LogP contribution >= 0.6 is 0 Å². The van der Waals surface area contributed by atoms with Crippen molar-refractivity contribution in [1.82, 2.24) is 8.61 Å². The van der Waals surface area contributed by atoms with Crippen LogP contribution < -0.4 is 5.32 Å². The molecule has 1 heterocycles. The number of nitrogens with zero attached hydrogens (tertiary/aromatic N) is 2. The van der Waals surface area contributed by atoms with Crippen LogP contribution in [0.2, 0.25) is 0 Å². The first kappa shape index (κ1) is 25.3. The lowest BCUT2D eigenvalue weighted by Crippen LogP contribution is -2.43. The number of amides is 1. The average Bonchev–Trinajstić information content (AvgIpc) is 2.80. The molecule has 1 fully saturated rings. The first-order valence-corrected chi connectivity index (χ1v) is 13.6. The largest absolute Gasteiger partial charge is 0.326 e. The second kappa shape index (κ2) is 10.3. The first-order valence-electron chi connectivity index (χ1n) is 10.8. The fourth-order valence-electron chi connectivity index (χ4n) is 3.80. The van der Waals surface area contributed by atoms with E-state index in [1.165, 1.54) is 45.0 Å². The predicted molar refractivity (Wildman–Crippen MR) is 123 cm³/mol. The van der Waals surface area contributed by atoms with Crippen LogP contribution in [0.5, 0.6) is 0 Å². The van der Waals surface area contributed by atoms with Crippen LogP contribution in [-0.4, -0.2) is 57.5 Å². The van der Waals surface area contributed by atoms with Crippen molar-refractivity contribution < 1.29 is 26.0 Å². The summed E-state index contributed by atoms with van der Waals surface area (Å²) >= 11 is 0. The minimum absolute atomic E-state index is 0.0139. The second-order valence-corrected chi connectivity index (χ2v) is 11.6. The molecular weight excluding hydrogens is 469 g/mol. The van der Waals surface area contributed by atoms with E-state index >= 15 is 0 Å². The van der Waals surface area contributed by atoms with Crippen LogP contribution in [0.15, 0.2) is 58.3 Å². The maximum Gasteiger partial charge on any atom is 0.243 e. The Morgan fingerprint density at radius 1 is 1.00 bits per heavy atom. The standard InChI is InChI=1S/C22H28FN3O5S2/c1-3-25(4-2)32(28,29)21-13-9-19(10-14-21)24-22(27)17-6-5-15-26(16-17)33(30,31)20-11-7-18(23)8-12-20/h7-14,17H,3-6,15-16H2,1-2H3,(H,24,27). The number of halogens is 1. The zero-order chi connectivity index (χ0) is 24.2. The Bertz CT molecular complexity index is 1180. The van der Waals surface area contributed by atoms with E-state index in [4.69, 9.17) is 0 Å². The Balaban J connectivity index is 1.68. The van der Waals surface area contributed by atoms with Crippen molar-refractivity contribution >= 4 is 31.6 Å². The second-order valence-electron chi connectivity index (χ2n) is 7.76. The van der Waals surface area contributed by atoms with E-state index in [-0.39, 0.29) is 28.8 Å². The van der Waals surface area contributed by atoms with Gasteiger partial charge in [-0.2, -0.15) is 8.61 Å². The molecule has 2 aromatic rings. The summed E-state index contributed by atoms with van der Waals surface area (Å²) < 4.78 is 66.7. The molecule has 0 radical (unpaired) electrons. The summed E-state index contributed by atoms with van der Waals surface area (Å²) in [5, 5.41) is 2.75. The van der Waals surface area contributed by atoms with E-state index < -0.39 is 31.8 Å². The molecular formula is C22H28FN3O5S2. The average molecular weight is 498 g/mol. The minimum atomic E-state index is -3.84. The van der Waals surface area contributed by atoms with Gasteiger partial charge in [-0.25, -0.2) is 21.2 Å². The monoisotopic (exact) mass is 497 g/mol. The van der Waals surface area contributed by atoms with Gasteiger partial charge in [-0.05, 0) is 61.4 Å². The number of sulfonamides is 2. The van der Waals surface area contributed by atoms with Crippen LogP contribution in [0.1, 0.15) is 26.7 Å². The number of nitrogens with one attached hydrogen (secondary N) is 1. The number of carbonyl (C=O) groups is 1. The highest BCUT2D eigenvalue weighted by molar-refractivity contribution is 7.89. The highest BCUT2D eigenvalue weighted by Crippen LogP contribution is 2.25. The van der Waals surface area contributed by atoms with Gasteiger partial charge < -0.3 is 5.32 Å². The molecule has 33 heavy (non-hydrogen) atoms. The summed E-state index contributed by atoms with van der Waals surface area (Å²) in [6.45, 7) is 4.53. The number of carbonyl (C=O) groups excluding carboxylic acids is 1. The molecule has 180 valence electrons. The van der Waals surface area contributed by atoms with E-state index in [9.17, 15) is 26.0 Å². The summed E-state index contributed by atoms with van der Waals surface area (Å²) in [5.74, 6) is -1.43. The lowest BCUT2D eigenvalue weighted by Gasteiger charge is -2.31. The van der Waals surface area contributed by atoms with Gasteiger partial charge in [-0.15, -0.1) is 0 Å². The molecule has 8 nitrogen and oxygen atoms in total. The van der Waals surface area contributed by atoms with Crippen LogP contribution in [0.25, 0.3) is 0 Å². The molecule has 1 aliphatic rings. The molecule has 11 heteroatoms. The van der Waals surface area contributed by atoms with Gasteiger partial charge in [0.15, 0.2) is 0 Å². The number of benzene rings is 2. The third-order valence-electron chi connectivity index (χ3n) is 5.67. The lowest BCUT2D eigenvalue weighted by atomic mass is 9.99. The maximum absolute atomic E-state index is 13.2. The minimum Gasteiger partial charge on any atom is -0.326 e. The Hall–Kier alpha value is -2.34. The molecule has 0 bridgehead atoms. The van der Waals surface area contributed by atoms with Gasteiger partial charge in [0.05, 0.1) is 15.7 Å². The van der Waals surface area contributed by atoms with Crippen molar-refractivity contribution in [3.05, 3.63) is 54.3 Å². The molecule has 0 aromatic heterocycles. The fourth-order valence-corrected chi connectivity index (χ4v) is 6.78. The van der Waals surface area contributed by atoms with Crippen LogP contribution in [0, 0.1) is 11.7 Å². The SMILES string of the molecule is CCN(CC)S(=O)(=O)c1ccc(NC(=O)C2CCCN(S(=O)(=O)c3ccc(F)cc3)C2)cc1. The quantitative estimate of drug-likeness (QED) is 0.604. The Kier molecular flexibility index (Phi) is 7.88. The molecule has 1 amide bonds. The normalized spacial score (nSPS) is 17.8. The Morgan fingerprint density at radius 2 is 1.58 bits per heavy atom. The van der Waals surface area contributed by atoms with Crippen molar-refractivity contribution in [2.75, 3.05) is 31.5 Å². The Morgan fingerprint density at radius 3 is 2.15 bits per heavy atom. The van der Waals surface area contributed by atoms with Gasteiger partial charge in [0.25, 0.3) is 0 Å². The highest BCUT2D eigenvalue weighted by atomic mass is 32.2. The molecule has 0 aliphatic carbocycles. The topological polar surface area (TPSA) is 104 Å². The highest BCUT2D eigenvalue weighted by Gasteiger charge is 2.33. The van der Waals surface area contributed by atoms with Crippen molar-refractivity contribution in [1.29, 1.82) is 0 Å². The van der Waals surface area contributed by atoms with E-state index in [1.54, 1.807) is 13.8 Å². The molecule has 0 spiro atoms. The Labute approximate surface area is 194 Å². The van der Waals surface area contributed by atoms with Crippen molar-refractivity contribution in [3.63, 3.8) is 0 Å². The summed E-state index contributed by atoms with van der Waals surface area (Å²) in [4.78, 5) is 12.9. The molecule has 1 saturated heterocycles. The summed E-state index contributed by atoms with van der Waals surface area (Å²) in [5.41, 5.74) is 0.428. The number of anilines is 1. The zero-order valence-electron chi connectivity index (χ0n) is 18.6. The van der Waals surface area contributed by atoms with Gasteiger partial charge in [0.2, 0.25) is 26.0 Å².